The van der Waals surface area contributed by atoms with Gasteiger partial charge in [0.2, 0.25) is 0 Å². The van der Waals surface area contributed by atoms with Gasteiger partial charge < -0.3 is 19.4 Å². The number of aryl methyl sites for hydroxylation is 1. The molecule has 0 spiro atoms. The number of ether oxygens (including phenoxy) is 2. The van der Waals surface area contributed by atoms with Gasteiger partial charge in [-0.1, -0.05) is 38.1 Å². The summed E-state index contributed by atoms with van der Waals surface area (Å²) in [6, 6.07) is 14.8. The quantitative estimate of drug-likeness (QED) is 0.318. The Hall–Kier alpha value is -3.38. The molecule has 1 aliphatic carbocycles. The van der Waals surface area contributed by atoms with Crippen LogP contribution in [-0.2, 0) is 25.6 Å². The summed E-state index contributed by atoms with van der Waals surface area (Å²) >= 11 is 0. The van der Waals surface area contributed by atoms with Crippen LogP contribution < -0.4 is 5.32 Å². The normalized spacial score (nSPS) is 19.4. The van der Waals surface area contributed by atoms with E-state index in [1.807, 2.05) is 13.8 Å². The number of esters is 1. The molecule has 2 aliphatic rings. The third kappa shape index (κ3) is 4.48. The van der Waals surface area contributed by atoms with E-state index in [-0.39, 0.29) is 17.8 Å². The number of aromatic nitrogens is 1. The van der Waals surface area contributed by atoms with Gasteiger partial charge in [-0.3, -0.25) is 4.79 Å². The molecule has 1 atom stereocenters. The highest BCUT2D eigenvalue weighted by Gasteiger charge is 2.43. The van der Waals surface area contributed by atoms with Crippen LogP contribution in [0.3, 0.4) is 0 Å². The molecule has 0 fully saturated rings. The average Bonchev–Trinajstić information content (AvgIpc) is 3.17. The predicted molar refractivity (Wildman–Crippen MR) is 146 cm³/mol. The summed E-state index contributed by atoms with van der Waals surface area (Å²) in [7, 11) is 0. The molecule has 1 N–H and O–H groups in total. The first-order valence-electron chi connectivity index (χ1n) is 13.3. The van der Waals surface area contributed by atoms with Gasteiger partial charge in [0.25, 0.3) is 0 Å². The lowest BCUT2D eigenvalue weighted by atomic mass is 9.68. The Kier molecular flexibility index (Phi) is 6.71. The topological polar surface area (TPSA) is 69.6 Å². The maximum atomic E-state index is 13.6. The standard InChI is InChI=1S/C31H36N2O4/c1-6-33-24-11-9-8-10-21(24)22-16-20(12-13-25(22)33)28-27(30(35)37-15-14-36-7-2)19(3)32-23-17-31(4,5)18-26(34)29(23)28/h8-13,16,28,32H,6-7,14-15,17-18H2,1-5H3. The summed E-state index contributed by atoms with van der Waals surface area (Å²) in [4.78, 5) is 27.1. The summed E-state index contributed by atoms with van der Waals surface area (Å²) in [6.45, 7) is 12.1. The number of fused-ring (bicyclic) bond motifs is 3. The van der Waals surface area contributed by atoms with E-state index in [9.17, 15) is 9.59 Å². The van der Waals surface area contributed by atoms with Gasteiger partial charge in [-0.15, -0.1) is 0 Å². The minimum Gasteiger partial charge on any atom is -0.460 e. The van der Waals surface area contributed by atoms with Gasteiger partial charge in [-0.2, -0.15) is 0 Å². The molecule has 0 bridgehead atoms. The van der Waals surface area contributed by atoms with Gasteiger partial charge in [0.05, 0.1) is 12.2 Å². The first-order chi connectivity index (χ1) is 17.8. The highest BCUT2D eigenvalue weighted by molar-refractivity contribution is 6.09. The van der Waals surface area contributed by atoms with E-state index in [4.69, 9.17) is 9.47 Å². The van der Waals surface area contributed by atoms with Crippen LogP contribution in [-0.4, -0.2) is 36.1 Å². The molecule has 0 radical (unpaired) electrons. The number of ketones is 1. The van der Waals surface area contributed by atoms with Crippen LogP contribution in [0.2, 0.25) is 0 Å². The van der Waals surface area contributed by atoms with Crippen LogP contribution in [0.15, 0.2) is 65.0 Å². The van der Waals surface area contributed by atoms with E-state index in [0.717, 1.165) is 40.8 Å². The molecule has 0 saturated carbocycles. The van der Waals surface area contributed by atoms with Crippen LogP contribution in [0.5, 0.6) is 0 Å². The van der Waals surface area contributed by atoms with Crippen LogP contribution in [0.25, 0.3) is 21.8 Å². The van der Waals surface area contributed by atoms with Crippen LogP contribution in [0.4, 0.5) is 0 Å². The first-order valence-corrected chi connectivity index (χ1v) is 13.3. The number of hydrogen-bond donors (Lipinski definition) is 1. The minimum absolute atomic E-state index is 0.0898. The Morgan fingerprint density at radius 2 is 1.81 bits per heavy atom. The van der Waals surface area contributed by atoms with E-state index in [1.54, 1.807) is 0 Å². The van der Waals surface area contributed by atoms with Crippen molar-refractivity contribution in [3.63, 3.8) is 0 Å². The molecule has 5 rings (SSSR count). The molecule has 1 aromatic heterocycles. The molecule has 1 aliphatic heterocycles. The largest absolute Gasteiger partial charge is 0.460 e. The number of carbonyl (C=O) groups excluding carboxylic acids is 2. The van der Waals surface area contributed by atoms with Crippen molar-refractivity contribution in [2.24, 2.45) is 5.41 Å². The Morgan fingerprint density at radius 1 is 1.05 bits per heavy atom. The molecule has 0 amide bonds. The van der Waals surface area contributed by atoms with Gasteiger partial charge in [0, 0.05) is 64.3 Å². The number of rotatable bonds is 7. The molecule has 1 unspecified atom stereocenters. The van der Waals surface area contributed by atoms with Gasteiger partial charge in [-0.25, -0.2) is 4.79 Å². The molecule has 37 heavy (non-hydrogen) atoms. The molecule has 6 heteroatoms. The number of Topliss-reactive ketones (excluding diaryl/α,β-unsaturated/α-hetero) is 1. The average molecular weight is 501 g/mol. The Labute approximate surface area is 218 Å². The summed E-state index contributed by atoms with van der Waals surface area (Å²) in [5, 5.41) is 5.71. The fourth-order valence-electron chi connectivity index (χ4n) is 6.05. The zero-order valence-corrected chi connectivity index (χ0v) is 22.4. The third-order valence-corrected chi connectivity index (χ3v) is 7.57. The lowest BCUT2D eigenvalue weighted by Gasteiger charge is -2.39. The second-order valence-electron chi connectivity index (χ2n) is 10.8. The van der Waals surface area contributed by atoms with Crippen LogP contribution in [0, 0.1) is 5.41 Å². The molecular formula is C31H36N2O4. The van der Waals surface area contributed by atoms with Gasteiger partial charge in [-0.05, 0) is 56.4 Å². The zero-order valence-electron chi connectivity index (χ0n) is 22.4. The number of nitrogens with zero attached hydrogens (tertiary/aromatic N) is 1. The number of carbonyl (C=O) groups is 2. The number of hydrogen-bond acceptors (Lipinski definition) is 5. The number of allylic oxidation sites excluding steroid dienone is 3. The summed E-state index contributed by atoms with van der Waals surface area (Å²) in [6.07, 6.45) is 1.21. The van der Waals surface area contributed by atoms with Crippen LogP contribution in [0.1, 0.15) is 58.9 Å². The number of benzene rings is 2. The minimum atomic E-state index is -0.479. The molecule has 194 valence electrons. The summed E-state index contributed by atoms with van der Waals surface area (Å²) < 4.78 is 13.3. The van der Waals surface area contributed by atoms with Crippen molar-refractivity contribution in [1.29, 1.82) is 0 Å². The predicted octanol–water partition coefficient (Wildman–Crippen LogP) is 6.00. The van der Waals surface area contributed by atoms with Crippen molar-refractivity contribution in [3.05, 3.63) is 70.6 Å². The molecule has 6 nitrogen and oxygen atoms in total. The van der Waals surface area contributed by atoms with Crippen molar-refractivity contribution in [3.8, 4) is 0 Å². The molecule has 3 aromatic rings. The van der Waals surface area contributed by atoms with Crippen LogP contribution >= 0.6 is 0 Å². The van der Waals surface area contributed by atoms with Gasteiger partial charge in [0.1, 0.15) is 6.61 Å². The smallest absolute Gasteiger partial charge is 0.336 e. The highest BCUT2D eigenvalue weighted by Crippen LogP contribution is 2.47. The van der Waals surface area contributed by atoms with E-state index in [1.165, 1.54) is 10.9 Å². The SMILES string of the molecule is CCOCCOC(=O)C1=C(C)NC2=C(C(=O)CC(C)(C)C2)C1c1ccc2c(c1)c1ccccc1n2CC. The first kappa shape index (κ1) is 25.3. The maximum Gasteiger partial charge on any atom is 0.336 e. The molecule has 2 heterocycles. The monoisotopic (exact) mass is 500 g/mol. The van der Waals surface area contributed by atoms with E-state index >= 15 is 0 Å². The zero-order chi connectivity index (χ0) is 26.3. The summed E-state index contributed by atoms with van der Waals surface area (Å²) in [5.41, 5.74) is 5.99. The Morgan fingerprint density at radius 3 is 2.57 bits per heavy atom. The lowest BCUT2D eigenvalue weighted by Crippen LogP contribution is -2.38. The fourth-order valence-corrected chi connectivity index (χ4v) is 6.05. The molecule has 2 aromatic carbocycles. The maximum absolute atomic E-state index is 13.6. The number of para-hydroxylation sites is 1. The van der Waals surface area contributed by atoms with E-state index in [2.05, 4.69) is 73.1 Å². The Bertz CT molecular complexity index is 1460. The van der Waals surface area contributed by atoms with Crippen molar-refractivity contribution in [1.82, 2.24) is 9.88 Å². The third-order valence-electron chi connectivity index (χ3n) is 7.57. The molecular weight excluding hydrogens is 464 g/mol. The summed E-state index contributed by atoms with van der Waals surface area (Å²) in [5.74, 6) is -0.797. The van der Waals surface area contributed by atoms with Gasteiger partial charge in [0.15, 0.2) is 5.78 Å². The second kappa shape index (κ2) is 9.82. The lowest BCUT2D eigenvalue weighted by molar-refractivity contribution is -0.140. The second-order valence-corrected chi connectivity index (χ2v) is 10.8. The van der Waals surface area contributed by atoms with Crippen molar-refractivity contribution < 1.29 is 19.1 Å². The Balaban J connectivity index is 1.67. The highest BCUT2D eigenvalue weighted by atomic mass is 16.6. The van der Waals surface area contributed by atoms with E-state index < -0.39 is 11.9 Å². The van der Waals surface area contributed by atoms with Gasteiger partial charge >= 0.3 is 5.97 Å². The number of dihydropyridines is 1. The van der Waals surface area contributed by atoms with Crippen molar-refractivity contribution in [2.45, 2.75) is 59.9 Å². The van der Waals surface area contributed by atoms with Crippen molar-refractivity contribution in [2.75, 3.05) is 19.8 Å². The fraction of sp³-hybridized carbons (Fsp3) is 0.419. The molecule has 0 saturated heterocycles. The van der Waals surface area contributed by atoms with E-state index in [0.29, 0.717) is 30.8 Å². The number of nitrogens with one attached hydrogen (secondary N) is 1. The van der Waals surface area contributed by atoms with Crippen molar-refractivity contribution >= 4 is 33.6 Å².